The van der Waals surface area contributed by atoms with Gasteiger partial charge < -0.3 is 5.32 Å². The molecule has 2 nitrogen and oxygen atoms in total. The molecule has 0 saturated carbocycles. The van der Waals surface area contributed by atoms with Crippen LogP contribution in [0.2, 0.25) is 0 Å². The number of hydrogen-bond acceptors (Lipinski definition) is 2. The van der Waals surface area contributed by atoms with Crippen molar-refractivity contribution < 1.29 is 0 Å². The number of hydrogen-bond donors (Lipinski definition) is 1. The summed E-state index contributed by atoms with van der Waals surface area (Å²) >= 11 is 0. The molecule has 0 spiro atoms. The van der Waals surface area contributed by atoms with Crippen LogP contribution in [0.5, 0.6) is 0 Å². The van der Waals surface area contributed by atoms with Crippen LogP contribution in [-0.2, 0) is 5.41 Å². The number of rotatable bonds is 5. The van der Waals surface area contributed by atoms with Crippen LogP contribution in [0.1, 0.15) is 50.3 Å². The van der Waals surface area contributed by atoms with Gasteiger partial charge in [0.05, 0.1) is 11.6 Å². The summed E-state index contributed by atoms with van der Waals surface area (Å²) in [7, 11) is 0. The fourth-order valence-electron chi connectivity index (χ4n) is 2.74. The zero-order chi connectivity index (χ0) is 16.2. The Morgan fingerprint density at radius 2 is 1.68 bits per heavy atom. The molecule has 0 aliphatic carbocycles. The Labute approximate surface area is 133 Å². The van der Waals surface area contributed by atoms with E-state index in [-0.39, 0.29) is 5.41 Å². The SMILES string of the molecule is CC(C)c1ccccc1NCC(C)(C)c1ccccc1C#N. The van der Waals surface area contributed by atoms with Gasteiger partial charge in [-0.3, -0.25) is 0 Å². The smallest absolute Gasteiger partial charge is 0.0994 e. The molecule has 2 rings (SSSR count). The molecular formula is C20H24N2. The Kier molecular flexibility index (Phi) is 4.88. The van der Waals surface area contributed by atoms with Crippen LogP contribution in [0.25, 0.3) is 0 Å². The van der Waals surface area contributed by atoms with E-state index in [1.165, 1.54) is 11.3 Å². The van der Waals surface area contributed by atoms with E-state index in [1.54, 1.807) is 0 Å². The van der Waals surface area contributed by atoms with Crippen molar-refractivity contribution in [3.05, 3.63) is 65.2 Å². The van der Waals surface area contributed by atoms with Gasteiger partial charge in [-0.25, -0.2) is 0 Å². The summed E-state index contributed by atoms with van der Waals surface area (Å²) in [5, 5.41) is 12.9. The van der Waals surface area contributed by atoms with E-state index >= 15 is 0 Å². The number of anilines is 1. The lowest BCUT2D eigenvalue weighted by Crippen LogP contribution is -2.29. The third-order valence-corrected chi connectivity index (χ3v) is 4.08. The first-order valence-electron chi connectivity index (χ1n) is 7.78. The van der Waals surface area contributed by atoms with Gasteiger partial charge in [0.1, 0.15) is 0 Å². The monoisotopic (exact) mass is 292 g/mol. The summed E-state index contributed by atoms with van der Waals surface area (Å²) < 4.78 is 0. The minimum Gasteiger partial charge on any atom is -0.384 e. The zero-order valence-electron chi connectivity index (χ0n) is 13.9. The predicted molar refractivity (Wildman–Crippen MR) is 93.2 cm³/mol. The maximum atomic E-state index is 9.31. The molecular weight excluding hydrogens is 268 g/mol. The molecule has 2 heteroatoms. The summed E-state index contributed by atoms with van der Waals surface area (Å²) in [5.41, 5.74) is 4.24. The third kappa shape index (κ3) is 3.49. The number of nitrogens with one attached hydrogen (secondary N) is 1. The minimum absolute atomic E-state index is 0.115. The van der Waals surface area contributed by atoms with Gasteiger partial charge in [0, 0.05) is 17.6 Å². The first-order valence-corrected chi connectivity index (χ1v) is 7.78. The van der Waals surface area contributed by atoms with Crippen LogP contribution in [-0.4, -0.2) is 6.54 Å². The fourth-order valence-corrected chi connectivity index (χ4v) is 2.74. The van der Waals surface area contributed by atoms with Crippen molar-refractivity contribution in [2.75, 3.05) is 11.9 Å². The highest BCUT2D eigenvalue weighted by Gasteiger charge is 2.23. The average Bonchev–Trinajstić information content (AvgIpc) is 2.53. The van der Waals surface area contributed by atoms with E-state index < -0.39 is 0 Å². The maximum absolute atomic E-state index is 9.31. The van der Waals surface area contributed by atoms with Gasteiger partial charge in [0.2, 0.25) is 0 Å². The fraction of sp³-hybridized carbons (Fsp3) is 0.350. The van der Waals surface area contributed by atoms with Crippen molar-refractivity contribution in [3.8, 4) is 6.07 Å². The van der Waals surface area contributed by atoms with Crippen LogP contribution < -0.4 is 5.32 Å². The summed E-state index contributed by atoms with van der Waals surface area (Å²) in [6.45, 7) is 9.55. The second-order valence-electron chi connectivity index (χ2n) is 6.64. The summed E-state index contributed by atoms with van der Waals surface area (Å²) in [6.07, 6.45) is 0. The lowest BCUT2D eigenvalue weighted by atomic mass is 9.81. The number of para-hydroxylation sites is 1. The first kappa shape index (κ1) is 16.1. The van der Waals surface area contributed by atoms with Crippen LogP contribution in [0.15, 0.2) is 48.5 Å². The molecule has 0 atom stereocenters. The van der Waals surface area contributed by atoms with Crippen molar-refractivity contribution in [2.24, 2.45) is 0 Å². The second-order valence-corrected chi connectivity index (χ2v) is 6.64. The Bertz CT molecular complexity index is 678. The molecule has 2 aromatic carbocycles. The van der Waals surface area contributed by atoms with Crippen LogP contribution >= 0.6 is 0 Å². The topological polar surface area (TPSA) is 35.8 Å². The van der Waals surface area contributed by atoms with Gasteiger partial charge in [-0.2, -0.15) is 5.26 Å². The molecule has 0 amide bonds. The number of nitriles is 1. The molecule has 0 unspecified atom stereocenters. The van der Waals surface area contributed by atoms with Gasteiger partial charge in [-0.1, -0.05) is 64.1 Å². The highest BCUT2D eigenvalue weighted by atomic mass is 14.9. The van der Waals surface area contributed by atoms with E-state index in [2.05, 4.69) is 69.4 Å². The molecule has 0 aromatic heterocycles. The van der Waals surface area contributed by atoms with Gasteiger partial charge in [0.15, 0.2) is 0 Å². The van der Waals surface area contributed by atoms with Crippen molar-refractivity contribution in [2.45, 2.75) is 39.0 Å². The molecule has 22 heavy (non-hydrogen) atoms. The molecule has 0 heterocycles. The number of nitrogens with zero attached hydrogens (tertiary/aromatic N) is 1. The van der Waals surface area contributed by atoms with Crippen molar-refractivity contribution in [1.29, 1.82) is 5.26 Å². The van der Waals surface area contributed by atoms with Gasteiger partial charge in [-0.05, 0) is 29.2 Å². The average molecular weight is 292 g/mol. The molecule has 0 saturated heterocycles. The van der Waals surface area contributed by atoms with Crippen LogP contribution in [0.4, 0.5) is 5.69 Å². The van der Waals surface area contributed by atoms with E-state index in [9.17, 15) is 5.26 Å². The van der Waals surface area contributed by atoms with E-state index in [4.69, 9.17) is 0 Å². The molecule has 0 radical (unpaired) electrons. The number of benzene rings is 2. The molecule has 0 aliphatic heterocycles. The Hall–Kier alpha value is -2.27. The van der Waals surface area contributed by atoms with Crippen molar-refractivity contribution >= 4 is 5.69 Å². The maximum Gasteiger partial charge on any atom is 0.0994 e. The van der Waals surface area contributed by atoms with Crippen LogP contribution in [0, 0.1) is 11.3 Å². The molecule has 0 aliphatic rings. The molecule has 114 valence electrons. The van der Waals surface area contributed by atoms with E-state index in [0.717, 1.165) is 17.7 Å². The lowest BCUT2D eigenvalue weighted by molar-refractivity contribution is 0.555. The van der Waals surface area contributed by atoms with Crippen LogP contribution in [0.3, 0.4) is 0 Å². The van der Waals surface area contributed by atoms with Gasteiger partial charge in [0.25, 0.3) is 0 Å². The Morgan fingerprint density at radius 3 is 2.36 bits per heavy atom. The molecule has 2 aromatic rings. The third-order valence-electron chi connectivity index (χ3n) is 4.08. The van der Waals surface area contributed by atoms with Crippen molar-refractivity contribution in [1.82, 2.24) is 0 Å². The first-order chi connectivity index (χ1) is 10.5. The summed E-state index contributed by atoms with van der Waals surface area (Å²) in [6, 6.07) is 18.6. The minimum atomic E-state index is -0.115. The highest BCUT2D eigenvalue weighted by molar-refractivity contribution is 5.53. The molecule has 0 bridgehead atoms. The van der Waals surface area contributed by atoms with E-state index in [1.807, 2.05) is 18.2 Å². The summed E-state index contributed by atoms with van der Waals surface area (Å²) in [4.78, 5) is 0. The largest absolute Gasteiger partial charge is 0.384 e. The normalized spacial score (nSPS) is 11.3. The zero-order valence-corrected chi connectivity index (χ0v) is 13.9. The Morgan fingerprint density at radius 1 is 1.05 bits per heavy atom. The standard InChI is InChI=1S/C20H24N2/c1-15(2)17-10-6-8-12-19(17)22-14-20(3,4)18-11-7-5-9-16(18)13-21/h5-12,15,22H,14H2,1-4H3. The quantitative estimate of drug-likeness (QED) is 0.835. The predicted octanol–water partition coefficient (Wildman–Crippen LogP) is 5.07. The Balaban J connectivity index is 2.22. The highest BCUT2D eigenvalue weighted by Crippen LogP contribution is 2.29. The van der Waals surface area contributed by atoms with Gasteiger partial charge >= 0.3 is 0 Å². The summed E-state index contributed by atoms with van der Waals surface area (Å²) in [5.74, 6) is 0.484. The lowest BCUT2D eigenvalue weighted by Gasteiger charge is -2.28. The van der Waals surface area contributed by atoms with Crippen molar-refractivity contribution in [3.63, 3.8) is 0 Å². The second kappa shape index (κ2) is 6.66. The van der Waals surface area contributed by atoms with E-state index in [0.29, 0.717) is 5.92 Å². The molecule has 1 N–H and O–H groups in total. The van der Waals surface area contributed by atoms with Gasteiger partial charge in [-0.15, -0.1) is 0 Å². The molecule has 0 fully saturated rings.